The molecule has 134 valence electrons. The van der Waals surface area contributed by atoms with E-state index in [-0.39, 0.29) is 5.82 Å². The predicted molar refractivity (Wildman–Crippen MR) is 105 cm³/mol. The lowest BCUT2D eigenvalue weighted by atomic mass is 9.92. The van der Waals surface area contributed by atoms with Crippen molar-refractivity contribution in [1.29, 1.82) is 5.26 Å². The number of nitrogens with two attached hydrogens (primary N) is 1. The van der Waals surface area contributed by atoms with Gasteiger partial charge in [-0.05, 0) is 42.3 Å². The molecule has 1 heterocycles. The molecule has 0 fully saturated rings. The number of methoxy groups -OCH3 is 1. The summed E-state index contributed by atoms with van der Waals surface area (Å²) in [5.41, 5.74) is 10.5. The summed E-state index contributed by atoms with van der Waals surface area (Å²) in [6, 6.07) is 16.3. The molecule has 2 N–H and O–H groups in total. The highest BCUT2D eigenvalue weighted by Gasteiger charge is 2.19. The number of benzene rings is 2. The maximum Gasteiger partial charge on any atom is 0.337 e. The number of esters is 1. The van der Waals surface area contributed by atoms with Crippen molar-refractivity contribution in [3.05, 3.63) is 70.2 Å². The number of carbonyl (C=O) groups excluding carboxylic acids is 1. The van der Waals surface area contributed by atoms with Crippen LogP contribution in [0.15, 0.2) is 48.5 Å². The molecule has 0 spiro atoms. The summed E-state index contributed by atoms with van der Waals surface area (Å²) in [6.07, 6.45) is 0. The van der Waals surface area contributed by atoms with Crippen LogP contribution in [0.3, 0.4) is 0 Å². The Morgan fingerprint density at radius 2 is 1.89 bits per heavy atom. The van der Waals surface area contributed by atoms with Gasteiger partial charge in [-0.3, -0.25) is 0 Å². The van der Waals surface area contributed by atoms with E-state index in [1.807, 2.05) is 19.1 Å². The van der Waals surface area contributed by atoms with Gasteiger partial charge in [0.25, 0.3) is 0 Å². The molecule has 0 aliphatic heterocycles. The number of ether oxygens (including phenoxy) is 1. The summed E-state index contributed by atoms with van der Waals surface area (Å²) in [5.74, 6) is -0.280. The van der Waals surface area contributed by atoms with Crippen LogP contribution in [-0.2, 0) is 4.74 Å². The van der Waals surface area contributed by atoms with Crippen LogP contribution < -0.4 is 5.73 Å². The standard InChI is InChI=1S/C21H16ClN3O2/c1-12-18(13-6-8-14(9-7-13)21(26)27-2)17(11-23)20(24)25-19(12)15-4-3-5-16(22)10-15/h3-10H,1-2H3,(H2,24,25). The maximum absolute atomic E-state index is 11.7. The summed E-state index contributed by atoms with van der Waals surface area (Å²) in [4.78, 5) is 16.1. The number of rotatable bonds is 3. The highest BCUT2D eigenvalue weighted by atomic mass is 35.5. The van der Waals surface area contributed by atoms with Crippen LogP contribution in [0.2, 0.25) is 5.02 Å². The van der Waals surface area contributed by atoms with Crippen molar-refractivity contribution < 1.29 is 9.53 Å². The van der Waals surface area contributed by atoms with Gasteiger partial charge < -0.3 is 10.5 Å². The van der Waals surface area contributed by atoms with Crippen LogP contribution >= 0.6 is 11.6 Å². The van der Waals surface area contributed by atoms with Crippen LogP contribution in [-0.4, -0.2) is 18.1 Å². The summed E-state index contributed by atoms with van der Waals surface area (Å²) >= 11 is 6.11. The van der Waals surface area contributed by atoms with Crippen molar-refractivity contribution in [3.8, 4) is 28.5 Å². The fourth-order valence-electron chi connectivity index (χ4n) is 2.98. The Hall–Kier alpha value is -3.36. The third-order valence-corrected chi connectivity index (χ3v) is 4.51. The largest absolute Gasteiger partial charge is 0.465 e. The molecule has 0 unspecified atom stereocenters. The van der Waals surface area contributed by atoms with Crippen molar-refractivity contribution in [2.24, 2.45) is 0 Å². The monoisotopic (exact) mass is 377 g/mol. The highest BCUT2D eigenvalue weighted by Crippen LogP contribution is 2.36. The molecule has 6 heteroatoms. The van der Waals surface area contributed by atoms with Gasteiger partial charge >= 0.3 is 5.97 Å². The van der Waals surface area contributed by atoms with Gasteiger partial charge in [-0.25, -0.2) is 9.78 Å². The van der Waals surface area contributed by atoms with Gasteiger partial charge in [-0.1, -0.05) is 35.9 Å². The number of anilines is 1. The molecule has 0 saturated carbocycles. The van der Waals surface area contributed by atoms with E-state index in [2.05, 4.69) is 11.1 Å². The Balaban J connectivity index is 2.23. The SMILES string of the molecule is COC(=O)c1ccc(-c2c(C)c(-c3cccc(Cl)c3)nc(N)c2C#N)cc1. The van der Waals surface area contributed by atoms with Gasteiger partial charge in [0.05, 0.1) is 18.4 Å². The molecule has 5 nitrogen and oxygen atoms in total. The van der Waals surface area contributed by atoms with Crippen LogP contribution in [0.1, 0.15) is 21.5 Å². The van der Waals surface area contributed by atoms with Crippen LogP contribution in [0, 0.1) is 18.3 Å². The van der Waals surface area contributed by atoms with Gasteiger partial charge in [0.2, 0.25) is 0 Å². The summed E-state index contributed by atoms with van der Waals surface area (Å²) in [6.45, 7) is 1.88. The molecule has 0 atom stereocenters. The topological polar surface area (TPSA) is 89.0 Å². The van der Waals surface area contributed by atoms with Gasteiger partial charge in [-0.15, -0.1) is 0 Å². The third-order valence-electron chi connectivity index (χ3n) is 4.27. The Bertz CT molecular complexity index is 1070. The molecular weight excluding hydrogens is 362 g/mol. The maximum atomic E-state index is 11.7. The Morgan fingerprint density at radius 1 is 1.19 bits per heavy atom. The second-order valence-corrected chi connectivity index (χ2v) is 6.35. The van der Waals surface area contributed by atoms with Crippen molar-refractivity contribution in [2.75, 3.05) is 12.8 Å². The molecule has 3 aromatic rings. The highest BCUT2D eigenvalue weighted by molar-refractivity contribution is 6.30. The molecule has 0 amide bonds. The van der Waals surface area contributed by atoms with Crippen molar-refractivity contribution >= 4 is 23.4 Å². The first-order valence-corrected chi connectivity index (χ1v) is 8.49. The molecule has 0 aliphatic rings. The number of pyridine rings is 1. The second-order valence-electron chi connectivity index (χ2n) is 5.91. The third kappa shape index (κ3) is 3.48. The van der Waals surface area contributed by atoms with Crippen molar-refractivity contribution in [3.63, 3.8) is 0 Å². The number of carbonyl (C=O) groups is 1. The first kappa shape index (κ1) is 18.4. The fraction of sp³-hybridized carbons (Fsp3) is 0.0952. The van der Waals surface area contributed by atoms with E-state index >= 15 is 0 Å². The number of nitrogen functional groups attached to an aromatic ring is 1. The minimum Gasteiger partial charge on any atom is -0.465 e. The van der Waals surface area contributed by atoms with Gasteiger partial charge in [0.1, 0.15) is 17.5 Å². The number of nitriles is 1. The molecule has 0 aliphatic carbocycles. The van der Waals surface area contributed by atoms with Gasteiger partial charge in [0.15, 0.2) is 0 Å². The fourth-order valence-corrected chi connectivity index (χ4v) is 3.17. The molecular formula is C21H16ClN3O2. The zero-order valence-corrected chi connectivity index (χ0v) is 15.5. The first-order chi connectivity index (χ1) is 13.0. The average molecular weight is 378 g/mol. The Kier molecular flexibility index (Phi) is 5.11. The summed E-state index contributed by atoms with van der Waals surface area (Å²) < 4.78 is 4.72. The average Bonchev–Trinajstić information content (AvgIpc) is 2.68. The quantitative estimate of drug-likeness (QED) is 0.673. The predicted octanol–water partition coefficient (Wildman–Crippen LogP) is 4.62. The molecule has 3 rings (SSSR count). The number of halogens is 1. The van der Waals surface area contributed by atoms with Gasteiger partial charge in [0, 0.05) is 16.1 Å². The lowest BCUT2D eigenvalue weighted by Crippen LogP contribution is -2.04. The second kappa shape index (κ2) is 7.48. The Labute approximate surface area is 162 Å². The van der Waals surface area contributed by atoms with E-state index in [4.69, 9.17) is 22.1 Å². The van der Waals surface area contributed by atoms with E-state index in [0.29, 0.717) is 27.4 Å². The number of aromatic nitrogens is 1. The number of nitrogens with zero attached hydrogens (tertiary/aromatic N) is 2. The van der Waals surface area contributed by atoms with Gasteiger partial charge in [-0.2, -0.15) is 5.26 Å². The van der Waals surface area contributed by atoms with Crippen molar-refractivity contribution in [2.45, 2.75) is 6.92 Å². The van der Waals surface area contributed by atoms with E-state index < -0.39 is 5.97 Å². The summed E-state index contributed by atoms with van der Waals surface area (Å²) in [7, 11) is 1.33. The smallest absolute Gasteiger partial charge is 0.337 e. The zero-order valence-electron chi connectivity index (χ0n) is 14.8. The molecule has 0 saturated heterocycles. The molecule has 27 heavy (non-hydrogen) atoms. The molecule has 1 aromatic heterocycles. The first-order valence-electron chi connectivity index (χ1n) is 8.11. The molecule has 0 bridgehead atoms. The van der Waals surface area contributed by atoms with E-state index in [1.165, 1.54) is 7.11 Å². The normalized spacial score (nSPS) is 10.3. The summed E-state index contributed by atoms with van der Waals surface area (Å²) in [5, 5.41) is 10.2. The minimum absolute atomic E-state index is 0.144. The van der Waals surface area contributed by atoms with Crippen molar-refractivity contribution in [1.82, 2.24) is 4.98 Å². The van der Waals surface area contributed by atoms with Crippen LogP contribution in [0.4, 0.5) is 5.82 Å². The number of hydrogen-bond donors (Lipinski definition) is 1. The zero-order chi connectivity index (χ0) is 19.6. The Morgan fingerprint density at radius 3 is 2.48 bits per heavy atom. The number of hydrogen-bond acceptors (Lipinski definition) is 5. The van der Waals surface area contributed by atoms with E-state index in [9.17, 15) is 10.1 Å². The van der Waals surface area contributed by atoms with Crippen LogP contribution in [0.25, 0.3) is 22.4 Å². The lowest BCUT2D eigenvalue weighted by molar-refractivity contribution is 0.0601. The molecule has 0 radical (unpaired) electrons. The van der Waals surface area contributed by atoms with E-state index in [1.54, 1.807) is 36.4 Å². The van der Waals surface area contributed by atoms with Crippen LogP contribution in [0.5, 0.6) is 0 Å². The lowest BCUT2D eigenvalue weighted by Gasteiger charge is -2.15. The molecule has 2 aromatic carbocycles. The van der Waals surface area contributed by atoms with E-state index in [0.717, 1.165) is 16.7 Å². The minimum atomic E-state index is -0.423.